The number of pyridine rings is 1. The van der Waals surface area contributed by atoms with Crippen LogP contribution in [-0.2, 0) is 11.2 Å². The van der Waals surface area contributed by atoms with Crippen LogP contribution in [0.5, 0.6) is 0 Å². The molecular weight excluding hydrogens is 322 g/mol. The molecule has 1 aromatic carbocycles. The van der Waals surface area contributed by atoms with Gasteiger partial charge in [-0.2, -0.15) is 0 Å². The highest BCUT2D eigenvalue weighted by atomic mass is 32.1. The third-order valence-electron chi connectivity index (χ3n) is 4.36. The Hall–Kier alpha value is -2.31. The summed E-state index contributed by atoms with van der Waals surface area (Å²) in [5, 5.41) is 3.13. The Balaban J connectivity index is 1.45. The zero-order chi connectivity index (χ0) is 16.4. The van der Waals surface area contributed by atoms with E-state index in [0.29, 0.717) is 18.8 Å². The fraction of sp³-hybridized carbons (Fsp3) is 0.278. The summed E-state index contributed by atoms with van der Waals surface area (Å²) in [5.74, 6) is 0.226. The maximum absolute atomic E-state index is 12.6. The summed E-state index contributed by atoms with van der Waals surface area (Å²) in [6, 6.07) is 9.66. The molecule has 1 saturated heterocycles. The minimum atomic E-state index is -0.0551. The SMILES string of the molecule is O=C(N[C@H]1COC[C@H]1Cc1ccncc1)c1ccc2ncsc2c1. The molecule has 1 aliphatic heterocycles. The van der Waals surface area contributed by atoms with Crippen LogP contribution in [0.25, 0.3) is 10.2 Å². The lowest BCUT2D eigenvalue weighted by Crippen LogP contribution is -2.40. The predicted molar refractivity (Wildman–Crippen MR) is 93.1 cm³/mol. The third kappa shape index (κ3) is 3.16. The highest BCUT2D eigenvalue weighted by Crippen LogP contribution is 2.21. The van der Waals surface area contributed by atoms with E-state index < -0.39 is 0 Å². The van der Waals surface area contributed by atoms with Gasteiger partial charge in [0, 0.05) is 23.9 Å². The van der Waals surface area contributed by atoms with Crippen molar-refractivity contribution in [1.82, 2.24) is 15.3 Å². The van der Waals surface area contributed by atoms with E-state index in [4.69, 9.17) is 4.74 Å². The van der Waals surface area contributed by atoms with Crippen molar-refractivity contribution in [3.8, 4) is 0 Å². The minimum absolute atomic E-state index is 0.0304. The number of thiazole rings is 1. The standard InChI is InChI=1S/C18H17N3O2S/c22-18(13-1-2-15-17(8-13)24-11-20-15)21-16-10-23-9-14(16)7-12-3-5-19-6-4-12/h1-6,8,11,14,16H,7,9-10H2,(H,21,22)/t14-,16+/m1/s1. The van der Waals surface area contributed by atoms with E-state index in [-0.39, 0.29) is 17.9 Å². The van der Waals surface area contributed by atoms with Crippen molar-refractivity contribution < 1.29 is 9.53 Å². The first-order valence-corrected chi connectivity index (χ1v) is 8.78. The Kier molecular flexibility index (Phi) is 4.23. The Morgan fingerprint density at radius 3 is 3.00 bits per heavy atom. The molecule has 24 heavy (non-hydrogen) atoms. The molecule has 0 saturated carbocycles. The van der Waals surface area contributed by atoms with E-state index in [0.717, 1.165) is 16.6 Å². The Morgan fingerprint density at radius 1 is 1.25 bits per heavy atom. The molecular formula is C18H17N3O2S. The number of benzene rings is 1. The van der Waals surface area contributed by atoms with E-state index in [1.165, 1.54) is 5.56 Å². The van der Waals surface area contributed by atoms with Crippen LogP contribution >= 0.6 is 11.3 Å². The van der Waals surface area contributed by atoms with Gasteiger partial charge in [-0.25, -0.2) is 4.98 Å². The smallest absolute Gasteiger partial charge is 0.251 e. The zero-order valence-electron chi connectivity index (χ0n) is 13.0. The highest BCUT2D eigenvalue weighted by molar-refractivity contribution is 7.16. The maximum atomic E-state index is 12.6. The number of carbonyl (C=O) groups is 1. The van der Waals surface area contributed by atoms with Gasteiger partial charge in [-0.15, -0.1) is 11.3 Å². The molecule has 2 aromatic heterocycles. The normalized spacial score (nSPS) is 20.3. The lowest BCUT2D eigenvalue weighted by molar-refractivity contribution is 0.0925. The summed E-state index contributed by atoms with van der Waals surface area (Å²) in [4.78, 5) is 20.9. The number of hydrogen-bond acceptors (Lipinski definition) is 5. The molecule has 1 N–H and O–H groups in total. The van der Waals surface area contributed by atoms with Crippen molar-refractivity contribution >= 4 is 27.5 Å². The Morgan fingerprint density at radius 2 is 2.12 bits per heavy atom. The number of aromatic nitrogens is 2. The first-order valence-electron chi connectivity index (χ1n) is 7.90. The second-order valence-corrected chi connectivity index (χ2v) is 6.86. The Bertz CT molecular complexity index is 850. The summed E-state index contributed by atoms with van der Waals surface area (Å²) in [6.45, 7) is 1.23. The fourth-order valence-corrected chi connectivity index (χ4v) is 3.75. The number of nitrogens with zero attached hydrogens (tertiary/aromatic N) is 2. The number of fused-ring (bicyclic) bond motifs is 1. The van der Waals surface area contributed by atoms with Crippen LogP contribution in [-0.4, -0.2) is 35.1 Å². The predicted octanol–water partition coefficient (Wildman–Crippen LogP) is 2.68. The molecule has 2 atom stereocenters. The molecule has 1 amide bonds. The van der Waals surface area contributed by atoms with Gasteiger partial charge < -0.3 is 10.1 Å². The lowest BCUT2D eigenvalue weighted by atomic mass is 9.95. The molecule has 1 fully saturated rings. The van der Waals surface area contributed by atoms with Gasteiger partial charge in [0.15, 0.2) is 0 Å². The molecule has 0 bridgehead atoms. The van der Waals surface area contributed by atoms with E-state index in [1.807, 2.05) is 30.3 Å². The monoisotopic (exact) mass is 339 g/mol. The van der Waals surface area contributed by atoms with E-state index in [1.54, 1.807) is 29.2 Å². The van der Waals surface area contributed by atoms with Gasteiger partial charge >= 0.3 is 0 Å². The van der Waals surface area contributed by atoms with Gasteiger partial charge in [0.1, 0.15) is 0 Å². The van der Waals surface area contributed by atoms with Gasteiger partial charge in [-0.3, -0.25) is 9.78 Å². The molecule has 122 valence electrons. The van der Waals surface area contributed by atoms with Gasteiger partial charge in [-0.05, 0) is 42.3 Å². The second-order valence-electron chi connectivity index (χ2n) is 5.97. The van der Waals surface area contributed by atoms with Gasteiger partial charge in [-0.1, -0.05) is 0 Å². The van der Waals surface area contributed by atoms with Crippen LogP contribution < -0.4 is 5.32 Å². The van der Waals surface area contributed by atoms with Crippen molar-refractivity contribution in [2.24, 2.45) is 5.92 Å². The average Bonchev–Trinajstić information content (AvgIpc) is 3.24. The maximum Gasteiger partial charge on any atom is 0.251 e. The number of hydrogen-bond donors (Lipinski definition) is 1. The molecule has 3 aromatic rings. The van der Waals surface area contributed by atoms with Crippen LogP contribution in [0.2, 0.25) is 0 Å². The van der Waals surface area contributed by atoms with Crippen LogP contribution in [0.3, 0.4) is 0 Å². The largest absolute Gasteiger partial charge is 0.379 e. The van der Waals surface area contributed by atoms with Crippen LogP contribution in [0.15, 0.2) is 48.2 Å². The number of nitrogens with one attached hydrogen (secondary N) is 1. The van der Waals surface area contributed by atoms with Crippen molar-refractivity contribution in [3.63, 3.8) is 0 Å². The van der Waals surface area contributed by atoms with Crippen molar-refractivity contribution in [1.29, 1.82) is 0 Å². The molecule has 5 nitrogen and oxygen atoms in total. The summed E-state index contributed by atoms with van der Waals surface area (Å²) < 4.78 is 6.62. The topological polar surface area (TPSA) is 64.1 Å². The minimum Gasteiger partial charge on any atom is -0.379 e. The van der Waals surface area contributed by atoms with E-state index in [2.05, 4.69) is 15.3 Å². The van der Waals surface area contributed by atoms with Crippen LogP contribution in [0, 0.1) is 5.92 Å². The first-order chi connectivity index (χ1) is 11.8. The zero-order valence-corrected chi connectivity index (χ0v) is 13.8. The molecule has 0 radical (unpaired) electrons. The highest BCUT2D eigenvalue weighted by Gasteiger charge is 2.30. The van der Waals surface area contributed by atoms with Crippen LogP contribution in [0.1, 0.15) is 15.9 Å². The van der Waals surface area contributed by atoms with Crippen molar-refractivity contribution in [2.45, 2.75) is 12.5 Å². The van der Waals surface area contributed by atoms with Gasteiger partial charge in [0.25, 0.3) is 5.91 Å². The molecule has 6 heteroatoms. The molecule has 1 aliphatic rings. The van der Waals surface area contributed by atoms with Gasteiger partial charge in [0.05, 0.1) is 35.0 Å². The average molecular weight is 339 g/mol. The number of amides is 1. The summed E-state index contributed by atoms with van der Waals surface area (Å²) in [6.07, 6.45) is 4.47. The second kappa shape index (κ2) is 6.67. The molecule has 4 rings (SSSR count). The van der Waals surface area contributed by atoms with E-state index in [9.17, 15) is 4.79 Å². The lowest BCUT2D eigenvalue weighted by Gasteiger charge is -2.19. The fourth-order valence-electron chi connectivity index (χ4n) is 3.03. The number of rotatable bonds is 4. The van der Waals surface area contributed by atoms with Crippen LogP contribution in [0.4, 0.5) is 0 Å². The molecule has 0 spiro atoms. The summed E-state index contributed by atoms with van der Waals surface area (Å²) in [5.41, 5.74) is 4.60. The van der Waals surface area contributed by atoms with Crippen molar-refractivity contribution in [2.75, 3.05) is 13.2 Å². The number of ether oxygens (including phenoxy) is 1. The summed E-state index contributed by atoms with van der Waals surface area (Å²) in [7, 11) is 0. The Labute approximate surface area is 143 Å². The van der Waals surface area contributed by atoms with Crippen molar-refractivity contribution in [3.05, 3.63) is 59.4 Å². The van der Waals surface area contributed by atoms with E-state index >= 15 is 0 Å². The van der Waals surface area contributed by atoms with Gasteiger partial charge in [0.2, 0.25) is 0 Å². The molecule has 3 heterocycles. The number of carbonyl (C=O) groups excluding carboxylic acids is 1. The quantitative estimate of drug-likeness (QED) is 0.794. The molecule has 0 aliphatic carbocycles. The molecule has 0 unspecified atom stereocenters. The third-order valence-corrected chi connectivity index (χ3v) is 5.15. The summed E-state index contributed by atoms with van der Waals surface area (Å²) >= 11 is 1.54. The first kappa shape index (κ1) is 15.2.